The minimum Gasteiger partial charge on any atom is -0.342 e. The molecule has 136 valence electrons. The van der Waals surface area contributed by atoms with E-state index in [2.05, 4.69) is 22.2 Å². The van der Waals surface area contributed by atoms with E-state index in [4.69, 9.17) is 0 Å². The maximum absolute atomic E-state index is 13.3. The van der Waals surface area contributed by atoms with Crippen LogP contribution in [0.5, 0.6) is 0 Å². The number of aryl methyl sites for hydroxylation is 3. The number of aromatic nitrogens is 3. The van der Waals surface area contributed by atoms with Crippen molar-refractivity contribution in [3.05, 3.63) is 58.8 Å². The van der Waals surface area contributed by atoms with Gasteiger partial charge in [0.25, 0.3) is 5.91 Å². The summed E-state index contributed by atoms with van der Waals surface area (Å²) in [5.41, 5.74) is 4.50. The molecule has 26 heavy (non-hydrogen) atoms. The van der Waals surface area contributed by atoms with Gasteiger partial charge in [0, 0.05) is 30.5 Å². The monoisotopic (exact) mass is 350 g/mol. The third-order valence-electron chi connectivity index (χ3n) is 4.91. The van der Waals surface area contributed by atoms with Crippen LogP contribution in [-0.4, -0.2) is 20.4 Å². The van der Waals surface area contributed by atoms with Crippen molar-refractivity contribution < 1.29 is 4.79 Å². The first-order valence-electron chi connectivity index (χ1n) is 9.08. The van der Waals surface area contributed by atoms with Crippen molar-refractivity contribution in [2.75, 3.05) is 0 Å². The summed E-state index contributed by atoms with van der Waals surface area (Å²) in [6.07, 6.45) is 5.48. The predicted molar refractivity (Wildman–Crippen MR) is 104 cm³/mol. The molecule has 0 spiro atoms. The van der Waals surface area contributed by atoms with Crippen LogP contribution >= 0.6 is 0 Å². The molecule has 0 bridgehead atoms. The van der Waals surface area contributed by atoms with Gasteiger partial charge in [0.15, 0.2) is 0 Å². The lowest BCUT2D eigenvalue weighted by Crippen LogP contribution is -2.31. The average Bonchev–Trinajstić information content (AvgIpc) is 3.02. The Morgan fingerprint density at radius 3 is 2.69 bits per heavy atom. The van der Waals surface area contributed by atoms with Crippen LogP contribution in [0.3, 0.4) is 0 Å². The number of carbonyl (C=O) groups excluding carboxylic acids is 1. The van der Waals surface area contributed by atoms with Crippen molar-refractivity contribution in [3.63, 3.8) is 0 Å². The van der Waals surface area contributed by atoms with E-state index >= 15 is 0 Å². The standard InChI is InChI=1S/C21H26N4O/c1-6-7-18(20-22-10-11-25(20)5)24-21(26)19-14(3)15(4)23-17-9-8-13(2)12-16(17)19/h8-12,18H,6-7H2,1-5H3,(H,24,26)/t18-/m1/s1. The first-order valence-corrected chi connectivity index (χ1v) is 9.08. The molecule has 5 heteroatoms. The molecular formula is C21H26N4O. The maximum atomic E-state index is 13.3. The minimum atomic E-state index is -0.111. The highest BCUT2D eigenvalue weighted by atomic mass is 16.1. The Bertz CT molecular complexity index is 958. The number of carbonyl (C=O) groups is 1. The highest BCUT2D eigenvalue weighted by molar-refractivity contribution is 6.07. The fraction of sp³-hybridized carbons (Fsp3) is 0.381. The fourth-order valence-electron chi connectivity index (χ4n) is 3.39. The quantitative estimate of drug-likeness (QED) is 0.751. The summed E-state index contributed by atoms with van der Waals surface area (Å²) in [4.78, 5) is 22.3. The van der Waals surface area contributed by atoms with Gasteiger partial charge in [0.1, 0.15) is 5.82 Å². The number of nitrogens with zero attached hydrogens (tertiary/aromatic N) is 3. The van der Waals surface area contributed by atoms with E-state index in [-0.39, 0.29) is 11.9 Å². The maximum Gasteiger partial charge on any atom is 0.252 e. The van der Waals surface area contributed by atoms with Crippen LogP contribution in [0.15, 0.2) is 30.6 Å². The van der Waals surface area contributed by atoms with Crippen LogP contribution in [0.1, 0.15) is 58.8 Å². The third kappa shape index (κ3) is 3.34. The largest absolute Gasteiger partial charge is 0.342 e. The van der Waals surface area contributed by atoms with E-state index in [1.807, 2.05) is 56.8 Å². The van der Waals surface area contributed by atoms with E-state index in [1.165, 1.54) is 0 Å². The normalized spacial score (nSPS) is 12.3. The molecule has 0 aliphatic carbocycles. The van der Waals surface area contributed by atoms with Crippen LogP contribution in [0, 0.1) is 20.8 Å². The van der Waals surface area contributed by atoms with Gasteiger partial charge in [-0.3, -0.25) is 9.78 Å². The Hall–Kier alpha value is -2.69. The van der Waals surface area contributed by atoms with E-state index in [0.717, 1.165) is 46.4 Å². The van der Waals surface area contributed by atoms with Crippen LogP contribution < -0.4 is 5.32 Å². The van der Waals surface area contributed by atoms with Crippen molar-refractivity contribution in [1.29, 1.82) is 0 Å². The van der Waals surface area contributed by atoms with E-state index in [9.17, 15) is 4.79 Å². The molecule has 3 aromatic rings. The van der Waals surface area contributed by atoms with Gasteiger partial charge in [-0.2, -0.15) is 0 Å². The second-order valence-electron chi connectivity index (χ2n) is 6.93. The third-order valence-corrected chi connectivity index (χ3v) is 4.91. The predicted octanol–water partition coefficient (Wildman–Crippen LogP) is 4.16. The Morgan fingerprint density at radius 1 is 1.27 bits per heavy atom. The number of hydrogen-bond acceptors (Lipinski definition) is 3. The Balaban J connectivity index is 2.05. The van der Waals surface area contributed by atoms with Gasteiger partial charge in [0.05, 0.1) is 17.1 Å². The fourth-order valence-corrected chi connectivity index (χ4v) is 3.39. The highest BCUT2D eigenvalue weighted by Crippen LogP contribution is 2.25. The Morgan fingerprint density at radius 2 is 2.04 bits per heavy atom. The van der Waals surface area contributed by atoms with Crippen molar-refractivity contribution in [2.24, 2.45) is 7.05 Å². The number of pyridine rings is 1. The molecule has 1 N–H and O–H groups in total. The first kappa shape index (κ1) is 18.1. The molecule has 0 saturated heterocycles. The minimum absolute atomic E-state index is 0.0648. The molecule has 1 amide bonds. The van der Waals surface area contributed by atoms with Crippen LogP contribution in [0.4, 0.5) is 0 Å². The number of amides is 1. The molecule has 1 atom stereocenters. The van der Waals surface area contributed by atoms with Gasteiger partial charge >= 0.3 is 0 Å². The number of hydrogen-bond donors (Lipinski definition) is 1. The second kappa shape index (κ2) is 7.28. The zero-order valence-corrected chi connectivity index (χ0v) is 16.1. The van der Waals surface area contributed by atoms with Gasteiger partial charge < -0.3 is 9.88 Å². The van der Waals surface area contributed by atoms with Gasteiger partial charge in [-0.25, -0.2) is 4.98 Å². The summed E-state index contributed by atoms with van der Waals surface area (Å²) in [5.74, 6) is 0.814. The Kier molecular flexibility index (Phi) is 5.07. The molecule has 0 unspecified atom stereocenters. The molecule has 0 radical (unpaired) electrons. The average molecular weight is 350 g/mol. The van der Waals surface area contributed by atoms with Crippen molar-refractivity contribution in [2.45, 2.75) is 46.6 Å². The number of imidazole rings is 1. The Labute approximate surface area is 154 Å². The van der Waals surface area contributed by atoms with Crippen LogP contribution in [0.2, 0.25) is 0 Å². The van der Waals surface area contributed by atoms with Gasteiger partial charge in [-0.05, 0) is 44.9 Å². The zero-order chi connectivity index (χ0) is 18.8. The second-order valence-corrected chi connectivity index (χ2v) is 6.93. The zero-order valence-electron chi connectivity index (χ0n) is 16.1. The van der Waals surface area contributed by atoms with Crippen molar-refractivity contribution >= 4 is 16.8 Å². The lowest BCUT2D eigenvalue weighted by Gasteiger charge is -2.20. The summed E-state index contributed by atoms with van der Waals surface area (Å²) in [6, 6.07) is 5.94. The molecule has 2 aromatic heterocycles. The molecule has 2 heterocycles. The summed E-state index contributed by atoms with van der Waals surface area (Å²) < 4.78 is 1.97. The van der Waals surface area contributed by atoms with Crippen LogP contribution in [-0.2, 0) is 7.05 Å². The van der Waals surface area contributed by atoms with Crippen molar-refractivity contribution in [3.8, 4) is 0 Å². The highest BCUT2D eigenvalue weighted by Gasteiger charge is 2.22. The molecule has 1 aromatic carbocycles. The topological polar surface area (TPSA) is 59.8 Å². The number of fused-ring (bicyclic) bond motifs is 1. The molecular weight excluding hydrogens is 324 g/mol. The summed E-state index contributed by atoms with van der Waals surface area (Å²) in [7, 11) is 1.96. The SMILES string of the molecule is CCC[C@@H](NC(=O)c1c(C)c(C)nc2ccc(C)cc12)c1nccn1C. The van der Waals surface area contributed by atoms with E-state index < -0.39 is 0 Å². The summed E-state index contributed by atoms with van der Waals surface area (Å²) in [5, 5.41) is 4.11. The van der Waals surface area contributed by atoms with Gasteiger partial charge in [-0.15, -0.1) is 0 Å². The molecule has 3 rings (SSSR count). The smallest absolute Gasteiger partial charge is 0.252 e. The molecule has 0 fully saturated rings. The summed E-state index contributed by atoms with van der Waals surface area (Å²) >= 11 is 0. The van der Waals surface area contributed by atoms with Crippen molar-refractivity contribution in [1.82, 2.24) is 19.9 Å². The number of benzene rings is 1. The van der Waals surface area contributed by atoms with E-state index in [1.54, 1.807) is 6.20 Å². The number of rotatable bonds is 5. The summed E-state index contributed by atoms with van der Waals surface area (Å²) in [6.45, 7) is 8.06. The van der Waals surface area contributed by atoms with Crippen LogP contribution in [0.25, 0.3) is 10.9 Å². The van der Waals surface area contributed by atoms with E-state index in [0.29, 0.717) is 5.56 Å². The lowest BCUT2D eigenvalue weighted by atomic mass is 9.99. The lowest BCUT2D eigenvalue weighted by molar-refractivity contribution is 0.0933. The molecule has 0 aliphatic heterocycles. The van der Waals surface area contributed by atoms with Gasteiger partial charge in [0.2, 0.25) is 0 Å². The molecule has 0 aliphatic rings. The molecule has 0 saturated carbocycles. The molecule has 5 nitrogen and oxygen atoms in total. The first-order chi connectivity index (χ1) is 12.4. The number of nitrogens with one attached hydrogen (secondary N) is 1. The van der Waals surface area contributed by atoms with Gasteiger partial charge in [-0.1, -0.05) is 25.0 Å².